The van der Waals surface area contributed by atoms with Crippen LogP contribution in [0.1, 0.15) is 0 Å². The molecule has 2 heterocycles. The van der Waals surface area contributed by atoms with Crippen LogP contribution >= 0.6 is 34.9 Å². The third-order valence-corrected chi connectivity index (χ3v) is 5.61. The molecule has 2 N–H and O–H groups in total. The van der Waals surface area contributed by atoms with Gasteiger partial charge in [0.05, 0.1) is 24.7 Å². The van der Waals surface area contributed by atoms with Gasteiger partial charge in [0.2, 0.25) is 11.8 Å². The van der Waals surface area contributed by atoms with Crippen molar-refractivity contribution in [3.8, 4) is 0 Å². The highest BCUT2D eigenvalue weighted by molar-refractivity contribution is 8.03. The van der Waals surface area contributed by atoms with Crippen molar-refractivity contribution in [3.05, 3.63) is 0 Å². The molecule has 0 aliphatic carbocycles. The Hall–Kier alpha value is -0.840. The zero-order valence-electron chi connectivity index (χ0n) is 10.6. The number of morpholine rings is 1. The number of carbonyl (C=O) groups is 2. The molecule has 10 heteroatoms. The lowest BCUT2D eigenvalue weighted by Gasteiger charge is -2.26. The molecule has 2 amide bonds. The van der Waals surface area contributed by atoms with Gasteiger partial charge < -0.3 is 15.4 Å². The van der Waals surface area contributed by atoms with Gasteiger partial charge in [0.25, 0.3) is 0 Å². The van der Waals surface area contributed by atoms with Crippen LogP contribution in [0.4, 0.5) is 0 Å². The Labute approximate surface area is 128 Å². The van der Waals surface area contributed by atoms with Crippen molar-refractivity contribution in [2.45, 2.75) is 8.68 Å². The van der Waals surface area contributed by atoms with Gasteiger partial charge in [-0.1, -0.05) is 34.9 Å². The molecule has 0 spiro atoms. The molecule has 0 saturated carbocycles. The number of nitrogens with zero attached hydrogens (tertiary/aromatic N) is 3. The Morgan fingerprint density at radius 2 is 1.80 bits per heavy atom. The van der Waals surface area contributed by atoms with Crippen LogP contribution in [0.2, 0.25) is 0 Å². The van der Waals surface area contributed by atoms with Gasteiger partial charge in [-0.2, -0.15) is 0 Å². The highest BCUT2D eigenvalue weighted by atomic mass is 32.2. The third-order valence-electron chi connectivity index (χ3n) is 2.41. The fraction of sp³-hybridized carbons (Fsp3) is 0.600. The lowest BCUT2D eigenvalue weighted by atomic mass is 10.4. The number of amides is 2. The average Bonchev–Trinajstić information content (AvgIpc) is 2.91. The molecule has 0 radical (unpaired) electrons. The molecule has 1 aromatic rings. The number of rotatable bonds is 6. The Morgan fingerprint density at radius 3 is 2.40 bits per heavy atom. The fourth-order valence-corrected chi connectivity index (χ4v) is 4.14. The molecule has 1 aromatic heterocycles. The van der Waals surface area contributed by atoms with E-state index >= 15 is 0 Å². The molecule has 2 rings (SSSR count). The summed E-state index contributed by atoms with van der Waals surface area (Å²) in [5.41, 5.74) is 5.06. The second kappa shape index (κ2) is 7.81. The second-order valence-electron chi connectivity index (χ2n) is 3.87. The number of hydrogen-bond donors (Lipinski definition) is 1. The molecular weight excluding hydrogens is 320 g/mol. The molecule has 20 heavy (non-hydrogen) atoms. The summed E-state index contributed by atoms with van der Waals surface area (Å²) in [6.07, 6.45) is 0. The first-order valence-corrected chi connectivity index (χ1v) is 8.67. The molecule has 0 aromatic carbocycles. The first-order chi connectivity index (χ1) is 9.65. The van der Waals surface area contributed by atoms with Crippen molar-refractivity contribution < 1.29 is 14.3 Å². The van der Waals surface area contributed by atoms with Gasteiger partial charge >= 0.3 is 0 Å². The van der Waals surface area contributed by atoms with Gasteiger partial charge in [-0.15, -0.1) is 10.2 Å². The highest BCUT2D eigenvalue weighted by Crippen LogP contribution is 2.28. The van der Waals surface area contributed by atoms with Crippen LogP contribution in [0.3, 0.4) is 0 Å². The van der Waals surface area contributed by atoms with E-state index in [-0.39, 0.29) is 17.6 Å². The molecule has 0 unspecified atom stereocenters. The van der Waals surface area contributed by atoms with Gasteiger partial charge in [-0.25, -0.2) is 0 Å². The minimum atomic E-state index is -0.387. The zero-order valence-corrected chi connectivity index (χ0v) is 13.1. The smallest absolute Gasteiger partial charge is 0.233 e. The standard InChI is InChI=1S/C10H14N4O3S3/c11-7(15)5-18-9-12-13-10(20-9)19-6-8(16)14-1-3-17-4-2-14/h1-6H2,(H2,11,15). The monoisotopic (exact) mass is 334 g/mol. The van der Waals surface area contributed by atoms with E-state index in [0.29, 0.717) is 36.4 Å². The minimum absolute atomic E-state index is 0.0832. The third kappa shape index (κ3) is 4.93. The maximum Gasteiger partial charge on any atom is 0.233 e. The molecule has 7 nitrogen and oxygen atoms in total. The number of thioether (sulfide) groups is 2. The first-order valence-electron chi connectivity index (χ1n) is 5.88. The van der Waals surface area contributed by atoms with Crippen molar-refractivity contribution >= 4 is 46.7 Å². The summed E-state index contributed by atoms with van der Waals surface area (Å²) in [6.45, 7) is 2.50. The van der Waals surface area contributed by atoms with Crippen LogP contribution < -0.4 is 5.73 Å². The van der Waals surface area contributed by atoms with E-state index in [9.17, 15) is 9.59 Å². The predicted octanol–water partition coefficient (Wildman–Crippen LogP) is 0.0664. The first kappa shape index (κ1) is 15.5. The summed E-state index contributed by atoms with van der Waals surface area (Å²) in [5.74, 6) is 0.225. The topological polar surface area (TPSA) is 98.4 Å². The lowest BCUT2D eigenvalue weighted by molar-refractivity contribution is -0.132. The Bertz CT molecular complexity index is 476. The zero-order chi connectivity index (χ0) is 14.4. The number of hydrogen-bond acceptors (Lipinski definition) is 8. The Kier molecular flexibility index (Phi) is 6.07. The molecule has 110 valence electrons. The number of carbonyl (C=O) groups excluding carboxylic acids is 2. The van der Waals surface area contributed by atoms with Crippen LogP contribution in [0.5, 0.6) is 0 Å². The summed E-state index contributed by atoms with van der Waals surface area (Å²) in [6, 6.07) is 0. The van der Waals surface area contributed by atoms with E-state index < -0.39 is 0 Å². The maximum atomic E-state index is 11.9. The fourth-order valence-electron chi connectivity index (χ4n) is 1.47. The average molecular weight is 334 g/mol. The Morgan fingerprint density at radius 1 is 1.20 bits per heavy atom. The molecule has 0 atom stereocenters. The number of primary amides is 1. The number of aromatic nitrogens is 2. The maximum absolute atomic E-state index is 11.9. The number of ether oxygens (including phenoxy) is 1. The summed E-state index contributed by atoms with van der Waals surface area (Å²) in [4.78, 5) is 24.4. The summed E-state index contributed by atoms with van der Waals surface area (Å²) in [7, 11) is 0. The molecule has 1 saturated heterocycles. The number of nitrogens with two attached hydrogens (primary N) is 1. The molecule has 1 aliphatic rings. The van der Waals surface area contributed by atoms with E-state index in [1.165, 1.54) is 34.9 Å². The second-order valence-corrected chi connectivity index (χ2v) is 7.29. The van der Waals surface area contributed by atoms with Crippen LogP contribution in [0, 0.1) is 0 Å². The molecule has 1 aliphatic heterocycles. The van der Waals surface area contributed by atoms with Crippen LogP contribution in [-0.4, -0.2) is 64.7 Å². The van der Waals surface area contributed by atoms with Crippen molar-refractivity contribution in [1.29, 1.82) is 0 Å². The van der Waals surface area contributed by atoms with E-state index in [0.717, 1.165) is 4.34 Å². The lowest BCUT2D eigenvalue weighted by Crippen LogP contribution is -2.41. The van der Waals surface area contributed by atoms with Gasteiger partial charge in [-0.05, 0) is 0 Å². The van der Waals surface area contributed by atoms with Crippen LogP contribution in [0.25, 0.3) is 0 Å². The van der Waals surface area contributed by atoms with Crippen molar-refractivity contribution in [2.75, 3.05) is 37.8 Å². The predicted molar refractivity (Wildman–Crippen MR) is 78.0 cm³/mol. The van der Waals surface area contributed by atoms with E-state index in [1.807, 2.05) is 0 Å². The quantitative estimate of drug-likeness (QED) is 0.735. The summed E-state index contributed by atoms with van der Waals surface area (Å²) >= 11 is 3.98. The SMILES string of the molecule is NC(=O)CSc1nnc(SCC(=O)N2CCOCC2)s1. The Balaban J connectivity index is 1.75. The van der Waals surface area contributed by atoms with Crippen molar-refractivity contribution in [2.24, 2.45) is 5.73 Å². The minimum Gasteiger partial charge on any atom is -0.378 e. The molecule has 0 bridgehead atoms. The normalized spacial score (nSPS) is 15.3. The largest absolute Gasteiger partial charge is 0.378 e. The van der Waals surface area contributed by atoms with Crippen molar-refractivity contribution in [3.63, 3.8) is 0 Å². The summed E-state index contributed by atoms with van der Waals surface area (Å²) in [5, 5.41) is 7.91. The van der Waals surface area contributed by atoms with Crippen LogP contribution in [0.15, 0.2) is 8.68 Å². The molecule has 1 fully saturated rings. The van der Waals surface area contributed by atoms with Gasteiger partial charge in [-0.3, -0.25) is 9.59 Å². The molecular formula is C10H14N4O3S3. The van der Waals surface area contributed by atoms with Crippen LogP contribution in [-0.2, 0) is 14.3 Å². The highest BCUT2D eigenvalue weighted by Gasteiger charge is 2.17. The van der Waals surface area contributed by atoms with E-state index in [1.54, 1.807) is 4.90 Å². The van der Waals surface area contributed by atoms with Gasteiger partial charge in [0.15, 0.2) is 8.68 Å². The summed E-state index contributed by atoms with van der Waals surface area (Å²) < 4.78 is 6.61. The van der Waals surface area contributed by atoms with Gasteiger partial charge in [0, 0.05) is 13.1 Å². The van der Waals surface area contributed by atoms with Gasteiger partial charge in [0.1, 0.15) is 0 Å². The van der Waals surface area contributed by atoms with E-state index in [4.69, 9.17) is 10.5 Å². The van der Waals surface area contributed by atoms with Crippen molar-refractivity contribution in [1.82, 2.24) is 15.1 Å². The van der Waals surface area contributed by atoms with E-state index in [2.05, 4.69) is 10.2 Å².